The smallest absolute Gasteiger partial charge is 0.122 e. The summed E-state index contributed by atoms with van der Waals surface area (Å²) in [7, 11) is 1.89. The fourth-order valence-electron chi connectivity index (χ4n) is 1.44. The van der Waals surface area contributed by atoms with Gasteiger partial charge >= 0.3 is 0 Å². The zero-order valence-corrected chi connectivity index (χ0v) is 13.5. The molecule has 126 valence electrons. The van der Waals surface area contributed by atoms with Crippen molar-refractivity contribution < 1.29 is 19.0 Å². The molecule has 0 amide bonds. The molecule has 0 radical (unpaired) electrons. The van der Waals surface area contributed by atoms with Crippen LogP contribution in [0.2, 0.25) is 0 Å². The monoisotopic (exact) mass is 312 g/mol. The molecule has 22 heavy (non-hydrogen) atoms. The van der Waals surface area contributed by atoms with Gasteiger partial charge in [-0.3, -0.25) is 0 Å². The van der Waals surface area contributed by atoms with Crippen molar-refractivity contribution in [3.63, 3.8) is 0 Å². The van der Waals surface area contributed by atoms with Gasteiger partial charge in [0.1, 0.15) is 12.0 Å². The minimum Gasteiger partial charge on any atom is -0.494 e. The summed E-state index contributed by atoms with van der Waals surface area (Å²) in [4.78, 5) is 9.81. The average molecular weight is 312 g/mol. The maximum Gasteiger partial charge on any atom is 0.122 e. The highest BCUT2D eigenvalue weighted by Crippen LogP contribution is 2.16. The summed E-state index contributed by atoms with van der Waals surface area (Å²) in [6, 6.07) is 7.90. The number of hydrogen-bond donors (Lipinski definition) is 2. The molecular weight excluding hydrogens is 284 g/mol. The molecule has 0 spiro atoms. The molecule has 6 heteroatoms. The van der Waals surface area contributed by atoms with E-state index in [1.54, 1.807) is 0 Å². The Morgan fingerprint density at radius 1 is 1.18 bits per heavy atom. The molecule has 1 aromatic rings. The first-order chi connectivity index (χ1) is 10.8. The van der Waals surface area contributed by atoms with Gasteiger partial charge in [-0.15, -0.1) is 0 Å². The van der Waals surface area contributed by atoms with Gasteiger partial charge in [-0.2, -0.15) is 0 Å². The fourth-order valence-corrected chi connectivity index (χ4v) is 1.44. The van der Waals surface area contributed by atoms with Crippen molar-refractivity contribution in [1.82, 2.24) is 0 Å². The van der Waals surface area contributed by atoms with Crippen molar-refractivity contribution in [1.29, 1.82) is 0 Å². The van der Waals surface area contributed by atoms with Crippen LogP contribution in [-0.4, -0.2) is 52.9 Å². The van der Waals surface area contributed by atoms with Crippen LogP contribution in [-0.2, 0) is 14.3 Å². The van der Waals surface area contributed by atoms with Gasteiger partial charge in [0, 0.05) is 31.8 Å². The number of carbonyl (C=O) groups is 1. The number of hydrogen-bond acceptors (Lipinski definition) is 6. The van der Waals surface area contributed by atoms with Crippen molar-refractivity contribution >= 4 is 12.0 Å². The first-order valence-corrected chi connectivity index (χ1v) is 7.48. The highest BCUT2D eigenvalue weighted by Gasteiger charge is 1.91. The van der Waals surface area contributed by atoms with Crippen molar-refractivity contribution in [3.8, 4) is 5.75 Å². The number of carbonyl (C=O) groups excluding carboxylic acids is 1. The Hall–Kier alpha value is -1.63. The number of rotatable bonds is 11. The second kappa shape index (κ2) is 15.8. The number of ether oxygens (including phenoxy) is 3. The van der Waals surface area contributed by atoms with E-state index in [1.807, 2.05) is 38.2 Å². The minimum absolute atomic E-state index is 0.455. The Morgan fingerprint density at radius 2 is 1.91 bits per heavy atom. The Kier molecular flexibility index (Phi) is 14.6. The number of anilines is 1. The lowest BCUT2D eigenvalue weighted by Crippen LogP contribution is -2.12. The van der Waals surface area contributed by atoms with E-state index in [0.29, 0.717) is 46.0 Å². The molecule has 0 saturated heterocycles. The van der Waals surface area contributed by atoms with Crippen LogP contribution in [0.1, 0.15) is 13.3 Å². The summed E-state index contributed by atoms with van der Waals surface area (Å²) in [5, 5.41) is 3.05. The van der Waals surface area contributed by atoms with Crippen molar-refractivity contribution in [2.75, 3.05) is 51.9 Å². The zero-order chi connectivity index (χ0) is 16.5. The minimum atomic E-state index is 0.455. The van der Waals surface area contributed by atoms with Crippen molar-refractivity contribution in [3.05, 3.63) is 24.3 Å². The third kappa shape index (κ3) is 12.1. The molecule has 0 aliphatic rings. The van der Waals surface area contributed by atoms with Crippen LogP contribution in [0.4, 0.5) is 5.69 Å². The molecule has 0 aliphatic carbocycles. The molecule has 0 aromatic heterocycles. The van der Waals surface area contributed by atoms with Gasteiger partial charge in [0.15, 0.2) is 0 Å². The first-order valence-electron chi connectivity index (χ1n) is 7.48. The average Bonchev–Trinajstić information content (AvgIpc) is 2.55. The van der Waals surface area contributed by atoms with E-state index in [9.17, 15) is 4.79 Å². The van der Waals surface area contributed by atoms with E-state index in [4.69, 9.17) is 19.9 Å². The Morgan fingerprint density at radius 3 is 2.50 bits per heavy atom. The Balaban J connectivity index is 0.000000401. The summed E-state index contributed by atoms with van der Waals surface area (Å²) < 4.78 is 15.4. The SMILES string of the molecule is CCOc1cccc(NC)c1.NCCOCCOCCC=O. The van der Waals surface area contributed by atoms with Gasteiger partial charge in [-0.1, -0.05) is 6.07 Å². The lowest BCUT2D eigenvalue weighted by molar-refractivity contribution is -0.108. The van der Waals surface area contributed by atoms with Crippen LogP contribution in [0.15, 0.2) is 24.3 Å². The molecule has 6 nitrogen and oxygen atoms in total. The maximum atomic E-state index is 9.81. The number of nitrogens with one attached hydrogen (secondary N) is 1. The van der Waals surface area contributed by atoms with Crippen LogP contribution in [0, 0.1) is 0 Å². The summed E-state index contributed by atoms with van der Waals surface area (Å²) in [5.41, 5.74) is 6.26. The highest BCUT2D eigenvalue weighted by atomic mass is 16.5. The summed E-state index contributed by atoms with van der Waals surface area (Å²) in [5.74, 6) is 0.916. The lowest BCUT2D eigenvalue weighted by atomic mass is 10.3. The van der Waals surface area contributed by atoms with Gasteiger partial charge < -0.3 is 30.1 Å². The van der Waals surface area contributed by atoms with Crippen LogP contribution < -0.4 is 15.8 Å². The van der Waals surface area contributed by atoms with E-state index >= 15 is 0 Å². The van der Waals surface area contributed by atoms with Crippen LogP contribution in [0.25, 0.3) is 0 Å². The molecule has 1 aromatic carbocycles. The molecule has 0 aliphatic heterocycles. The molecule has 0 saturated carbocycles. The lowest BCUT2D eigenvalue weighted by Gasteiger charge is -2.04. The quantitative estimate of drug-likeness (QED) is 0.478. The summed E-state index contributed by atoms with van der Waals surface area (Å²) in [6.07, 6.45) is 1.29. The van der Waals surface area contributed by atoms with Gasteiger partial charge in [0.05, 0.1) is 33.0 Å². The van der Waals surface area contributed by atoms with Gasteiger partial charge in [-0.25, -0.2) is 0 Å². The van der Waals surface area contributed by atoms with Gasteiger partial charge in [0.25, 0.3) is 0 Å². The van der Waals surface area contributed by atoms with Crippen molar-refractivity contribution in [2.45, 2.75) is 13.3 Å². The van der Waals surface area contributed by atoms with E-state index in [0.717, 1.165) is 17.7 Å². The third-order valence-corrected chi connectivity index (χ3v) is 2.45. The second-order valence-corrected chi connectivity index (χ2v) is 4.18. The van der Waals surface area contributed by atoms with Crippen molar-refractivity contribution in [2.24, 2.45) is 5.73 Å². The summed E-state index contributed by atoms with van der Waals surface area (Å²) in [6.45, 7) is 5.37. The normalized spacial score (nSPS) is 9.59. The van der Waals surface area contributed by atoms with E-state index in [2.05, 4.69) is 5.32 Å². The number of nitrogens with two attached hydrogens (primary N) is 1. The zero-order valence-electron chi connectivity index (χ0n) is 13.5. The van der Waals surface area contributed by atoms with E-state index < -0.39 is 0 Å². The molecule has 0 fully saturated rings. The topological polar surface area (TPSA) is 82.8 Å². The Labute approximate surface area is 132 Å². The first kappa shape index (κ1) is 20.4. The number of benzene rings is 1. The van der Waals surface area contributed by atoms with E-state index in [-0.39, 0.29) is 0 Å². The highest BCUT2D eigenvalue weighted by molar-refractivity contribution is 5.49. The molecule has 0 bridgehead atoms. The predicted octanol–water partition coefficient (Wildman–Crippen LogP) is 1.69. The fraction of sp³-hybridized carbons (Fsp3) is 0.562. The molecule has 3 N–H and O–H groups in total. The maximum absolute atomic E-state index is 9.81. The summed E-state index contributed by atoms with van der Waals surface area (Å²) >= 11 is 0. The Bertz CT molecular complexity index is 375. The molecular formula is C16H28N2O4. The van der Waals surface area contributed by atoms with Crippen LogP contribution >= 0.6 is 0 Å². The van der Waals surface area contributed by atoms with E-state index in [1.165, 1.54) is 0 Å². The van der Waals surface area contributed by atoms with Crippen LogP contribution in [0.3, 0.4) is 0 Å². The van der Waals surface area contributed by atoms with Gasteiger partial charge in [-0.05, 0) is 19.1 Å². The molecule has 1 rings (SSSR count). The standard InChI is InChI=1S/C9H13NO.C7H15NO3/c1-3-11-9-6-4-5-8(7-9)10-2;8-2-5-11-7-6-10-4-1-3-9/h4-7,10H,3H2,1-2H3;3H,1-2,4-8H2. The molecule has 0 heterocycles. The third-order valence-electron chi connectivity index (χ3n) is 2.45. The number of aldehydes is 1. The molecule has 0 atom stereocenters. The largest absolute Gasteiger partial charge is 0.494 e. The van der Waals surface area contributed by atoms with Crippen LogP contribution in [0.5, 0.6) is 5.75 Å². The second-order valence-electron chi connectivity index (χ2n) is 4.18. The predicted molar refractivity (Wildman–Crippen MR) is 88.5 cm³/mol. The molecule has 0 unspecified atom stereocenters. The van der Waals surface area contributed by atoms with Gasteiger partial charge in [0.2, 0.25) is 0 Å².